The number of nitrogens with one attached hydrogen (secondary N) is 1. The number of allylic oxidation sites excluding steroid dienone is 1. The van der Waals surface area contributed by atoms with E-state index in [1.54, 1.807) is 7.11 Å². The minimum absolute atomic E-state index is 0.0123. The normalized spacial score (nSPS) is 47.4. The number of aromatic amines is 1. The first-order valence-electron chi connectivity index (χ1n) is 11.3. The Morgan fingerprint density at radius 1 is 1.21 bits per heavy atom. The molecule has 1 aromatic heterocycles. The molecule has 5 aliphatic rings. The highest BCUT2D eigenvalue weighted by Gasteiger charge is 2.79. The standard InChI is InChI=1S/C24H31NO4/c1-22-12-17-15(9-10-25-17)20-23(22)13-5-3-4-6-18(29-2)24(20,28)19(21(26)27)16(23)11-14(22)8-7-13/h9-10,13-14,18,20,25,28H,3-8,11-12H2,1-2H3,(H,26,27). The number of H-pyrrole nitrogens is 1. The molecule has 3 N–H and O–H groups in total. The van der Waals surface area contributed by atoms with Gasteiger partial charge in [-0.2, -0.15) is 0 Å². The van der Waals surface area contributed by atoms with E-state index in [-0.39, 0.29) is 22.3 Å². The topological polar surface area (TPSA) is 82.6 Å². The highest BCUT2D eigenvalue weighted by Crippen LogP contribution is 2.82. The molecule has 1 spiro atoms. The molecule has 0 amide bonds. The molecule has 0 saturated heterocycles. The molecule has 7 unspecified atom stereocenters. The van der Waals surface area contributed by atoms with Crippen molar-refractivity contribution < 1.29 is 19.7 Å². The van der Waals surface area contributed by atoms with Gasteiger partial charge in [-0.15, -0.1) is 0 Å². The van der Waals surface area contributed by atoms with Crippen molar-refractivity contribution in [1.82, 2.24) is 4.98 Å². The number of aromatic nitrogens is 1. The quantitative estimate of drug-likeness (QED) is 0.709. The zero-order valence-electron chi connectivity index (χ0n) is 17.3. The molecule has 6 rings (SSSR count). The molecule has 3 fully saturated rings. The van der Waals surface area contributed by atoms with E-state index in [4.69, 9.17) is 4.74 Å². The van der Waals surface area contributed by atoms with Crippen LogP contribution in [0.25, 0.3) is 0 Å². The summed E-state index contributed by atoms with van der Waals surface area (Å²) in [5, 5.41) is 22.9. The van der Waals surface area contributed by atoms with E-state index in [9.17, 15) is 15.0 Å². The van der Waals surface area contributed by atoms with E-state index in [0.29, 0.717) is 18.3 Å². The molecule has 1 aromatic rings. The number of ether oxygens (including phenoxy) is 1. The number of fused-ring (bicyclic) bond motifs is 1. The van der Waals surface area contributed by atoms with Crippen molar-refractivity contribution in [3.63, 3.8) is 0 Å². The SMILES string of the molecule is COC1CCCCC2CCC3CC4=C(C(=O)O)C1(O)C1c5cc[nH]c5CC3(C)C421. The van der Waals surface area contributed by atoms with Crippen molar-refractivity contribution in [3.05, 3.63) is 34.7 Å². The predicted octanol–water partition coefficient (Wildman–Crippen LogP) is 3.79. The smallest absolute Gasteiger partial charge is 0.334 e. The third kappa shape index (κ3) is 1.77. The fourth-order valence-electron chi connectivity index (χ4n) is 9.11. The van der Waals surface area contributed by atoms with Crippen LogP contribution in [0, 0.1) is 22.7 Å². The third-order valence-corrected chi connectivity index (χ3v) is 9.88. The minimum atomic E-state index is -1.47. The molecule has 29 heavy (non-hydrogen) atoms. The summed E-state index contributed by atoms with van der Waals surface area (Å²) in [6.45, 7) is 2.40. The highest BCUT2D eigenvalue weighted by atomic mass is 16.5. The van der Waals surface area contributed by atoms with Gasteiger partial charge in [0.05, 0.1) is 11.7 Å². The molecule has 0 radical (unpaired) electrons. The Balaban J connectivity index is 1.76. The van der Waals surface area contributed by atoms with Crippen LogP contribution in [0.5, 0.6) is 0 Å². The van der Waals surface area contributed by atoms with Gasteiger partial charge >= 0.3 is 5.97 Å². The summed E-state index contributed by atoms with van der Waals surface area (Å²) in [6.07, 6.45) is 9.53. The zero-order valence-corrected chi connectivity index (χ0v) is 17.3. The van der Waals surface area contributed by atoms with Crippen LogP contribution in [0.2, 0.25) is 0 Å². The second-order valence-corrected chi connectivity index (χ2v) is 10.5. The summed E-state index contributed by atoms with van der Waals surface area (Å²) in [4.78, 5) is 16.2. The molecular weight excluding hydrogens is 366 g/mol. The predicted molar refractivity (Wildman–Crippen MR) is 107 cm³/mol. The van der Waals surface area contributed by atoms with Gasteiger partial charge < -0.3 is 19.9 Å². The molecule has 5 heteroatoms. The number of aliphatic carboxylic acids is 1. The van der Waals surface area contributed by atoms with Crippen molar-refractivity contribution >= 4 is 5.97 Å². The fraction of sp³-hybridized carbons (Fsp3) is 0.708. The monoisotopic (exact) mass is 397 g/mol. The molecule has 0 aromatic carbocycles. The first kappa shape index (κ1) is 18.2. The van der Waals surface area contributed by atoms with E-state index in [1.807, 2.05) is 6.20 Å². The number of carbonyl (C=O) groups is 1. The molecule has 0 aliphatic heterocycles. The van der Waals surface area contributed by atoms with Gasteiger partial charge in [0.1, 0.15) is 5.60 Å². The van der Waals surface area contributed by atoms with Crippen LogP contribution in [0.1, 0.15) is 69.0 Å². The highest BCUT2D eigenvalue weighted by molar-refractivity contribution is 5.93. The van der Waals surface area contributed by atoms with Gasteiger partial charge in [0, 0.05) is 30.3 Å². The Bertz CT molecular complexity index is 933. The largest absolute Gasteiger partial charge is 0.478 e. The summed E-state index contributed by atoms with van der Waals surface area (Å²) >= 11 is 0. The number of hydrogen-bond acceptors (Lipinski definition) is 3. The molecule has 3 saturated carbocycles. The molecule has 3 bridgehead atoms. The van der Waals surface area contributed by atoms with Crippen LogP contribution in [0.3, 0.4) is 0 Å². The lowest BCUT2D eigenvalue weighted by Crippen LogP contribution is -2.60. The number of aliphatic hydroxyl groups is 1. The Labute approximate surface area is 171 Å². The second-order valence-electron chi connectivity index (χ2n) is 10.5. The maximum absolute atomic E-state index is 12.8. The lowest BCUT2D eigenvalue weighted by molar-refractivity contribution is -0.152. The first-order chi connectivity index (χ1) is 13.9. The van der Waals surface area contributed by atoms with Crippen molar-refractivity contribution in [2.24, 2.45) is 22.7 Å². The molecule has 5 nitrogen and oxygen atoms in total. The Kier molecular flexibility index (Phi) is 3.49. The van der Waals surface area contributed by atoms with Crippen molar-refractivity contribution in [2.75, 3.05) is 7.11 Å². The number of carboxylic acids is 1. The summed E-state index contributed by atoms with van der Waals surface area (Å²) in [5.41, 5.74) is 1.94. The average Bonchev–Trinajstić information content (AvgIpc) is 3.25. The number of rotatable bonds is 2. The lowest BCUT2D eigenvalue weighted by atomic mass is 9.42. The maximum atomic E-state index is 12.8. The van der Waals surface area contributed by atoms with Crippen LogP contribution in [0.4, 0.5) is 0 Å². The van der Waals surface area contributed by atoms with Crippen molar-refractivity contribution in [1.29, 1.82) is 0 Å². The van der Waals surface area contributed by atoms with Crippen LogP contribution >= 0.6 is 0 Å². The molecule has 1 heterocycles. The van der Waals surface area contributed by atoms with E-state index in [1.165, 1.54) is 12.1 Å². The molecular formula is C24H31NO4. The van der Waals surface area contributed by atoms with E-state index >= 15 is 0 Å². The second kappa shape index (κ2) is 5.55. The van der Waals surface area contributed by atoms with E-state index in [2.05, 4.69) is 18.0 Å². The Morgan fingerprint density at radius 2 is 1.97 bits per heavy atom. The summed E-state index contributed by atoms with van der Waals surface area (Å²) < 4.78 is 5.90. The molecule has 5 aliphatic carbocycles. The third-order valence-electron chi connectivity index (χ3n) is 9.88. The molecule has 156 valence electrons. The van der Waals surface area contributed by atoms with Gasteiger partial charge in [-0.1, -0.05) is 19.8 Å². The van der Waals surface area contributed by atoms with Crippen molar-refractivity contribution in [2.45, 2.75) is 75.9 Å². The summed E-state index contributed by atoms with van der Waals surface area (Å²) in [7, 11) is 1.64. The van der Waals surface area contributed by atoms with Gasteiger partial charge in [0.25, 0.3) is 0 Å². The lowest BCUT2D eigenvalue weighted by Gasteiger charge is -2.61. The zero-order chi connectivity index (χ0) is 20.2. The van der Waals surface area contributed by atoms with Crippen LogP contribution in [-0.2, 0) is 16.0 Å². The fourth-order valence-corrected chi connectivity index (χ4v) is 9.11. The minimum Gasteiger partial charge on any atom is -0.478 e. The van der Waals surface area contributed by atoms with Crippen molar-refractivity contribution in [3.8, 4) is 0 Å². The van der Waals surface area contributed by atoms with Crippen LogP contribution in [-0.4, -0.2) is 40.0 Å². The van der Waals surface area contributed by atoms with E-state index in [0.717, 1.165) is 49.7 Å². The Morgan fingerprint density at radius 3 is 2.72 bits per heavy atom. The van der Waals surface area contributed by atoms with E-state index < -0.39 is 17.7 Å². The maximum Gasteiger partial charge on any atom is 0.334 e. The number of carboxylic acid groups (broad SMARTS) is 1. The van der Waals surface area contributed by atoms with Crippen LogP contribution in [0.15, 0.2) is 23.4 Å². The average molecular weight is 398 g/mol. The first-order valence-corrected chi connectivity index (χ1v) is 11.3. The summed E-state index contributed by atoms with van der Waals surface area (Å²) in [6, 6.07) is 2.10. The van der Waals surface area contributed by atoms with Gasteiger partial charge in [-0.3, -0.25) is 0 Å². The Hall–Kier alpha value is -1.59. The number of methoxy groups -OCH3 is 1. The van der Waals surface area contributed by atoms with Gasteiger partial charge in [0.2, 0.25) is 0 Å². The van der Waals surface area contributed by atoms with Crippen LogP contribution < -0.4 is 0 Å². The number of hydrogen-bond donors (Lipinski definition) is 3. The van der Waals surface area contributed by atoms with Gasteiger partial charge in [0.15, 0.2) is 0 Å². The summed E-state index contributed by atoms with van der Waals surface area (Å²) in [5.74, 6) is -0.240. The van der Waals surface area contributed by atoms with Gasteiger partial charge in [-0.25, -0.2) is 4.79 Å². The molecule has 7 atom stereocenters. The van der Waals surface area contributed by atoms with Gasteiger partial charge in [-0.05, 0) is 73.0 Å².